The lowest BCUT2D eigenvalue weighted by molar-refractivity contribution is 0.169. The van der Waals surface area contributed by atoms with E-state index >= 15 is 0 Å². The van der Waals surface area contributed by atoms with Crippen LogP contribution >= 0.6 is 0 Å². The molecule has 0 bridgehead atoms. The summed E-state index contributed by atoms with van der Waals surface area (Å²) in [5.74, 6) is 1.67. The number of aromatic nitrogens is 1. The van der Waals surface area contributed by atoms with Crippen LogP contribution in [0.4, 0.5) is 0 Å². The zero-order chi connectivity index (χ0) is 14.5. The lowest BCUT2D eigenvalue weighted by atomic mass is 9.98. The van der Waals surface area contributed by atoms with Gasteiger partial charge in [-0.1, -0.05) is 25.1 Å². The second-order valence-corrected chi connectivity index (χ2v) is 5.04. The van der Waals surface area contributed by atoms with Crippen molar-refractivity contribution in [3.8, 4) is 11.5 Å². The Kier molecular flexibility index (Phi) is 4.36. The van der Waals surface area contributed by atoms with Crippen LogP contribution in [0.3, 0.4) is 0 Å². The SMILES string of the molecule is CCCNC(c1cccnc1)c1cccc2c1OCCO2. The zero-order valence-corrected chi connectivity index (χ0v) is 12.2. The highest BCUT2D eigenvalue weighted by atomic mass is 16.6. The first-order valence-electron chi connectivity index (χ1n) is 7.42. The van der Waals surface area contributed by atoms with Gasteiger partial charge in [-0.3, -0.25) is 4.98 Å². The van der Waals surface area contributed by atoms with Gasteiger partial charge >= 0.3 is 0 Å². The van der Waals surface area contributed by atoms with Crippen molar-refractivity contribution in [1.29, 1.82) is 0 Å². The van der Waals surface area contributed by atoms with Crippen molar-refractivity contribution in [2.75, 3.05) is 19.8 Å². The van der Waals surface area contributed by atoms with E-state index in [4.69, 9.17) is 9.47 Å². The standard InChI is InChI=1S/C17H20N2O2/c1-2-8-19-16(13-5-4-9-18-12-13)14-6-3-7-15-17(14)21-11-10-20-15/h3-7,9,12,16,19H,2,8,10-11H2,1H3. The summed E-state index contributed by atoms with van der Waals surface area (Å²) in [6.07, 6.45) is 4.76. The predicted octanol–water partition coefficient (Wildman–Crippen LogP) is 2.94. The molecule has 1 aromatic heterocycles. The lowest BCUT2D eigenvalue weighted by Crippen LogP contribution is -2.25. The minimum absolute atomic E-state index is 0.0651. The fourth-order valence-electron chi connectivity index (χ4n) is 2.57. The highest BCUT2D eigenvalue weighted by Gasteiger charge is 2.23. The highest BCUT2D eigenvalue weighted by molar-refractivity contribution is 5.51. The Labute approximate surface area is 125 Å². The number of pyridine rings is 1. The molecule has 2 aromatic rings. The zero-order valence-electron chi connectivity index (χ0n) is 12.2. The van der Waals surface area contributed by atoms with Gasteiger partial charge in [-0.25, -0.2) is 0 Å². The smallest absolute Gasteiger partial charge is 0.166 e. The molecule has 2 heterocycles. The molecule has 3 rings (SSSR count). The Balaban J connectivity index is 2.00. The maximum absolute atomic E-state index is 5.85. The van der Waals surface area contributed by atoms with Gasteiger partial charge in [0.1, 0.15) is 13.2 Å². The Morgan fingerprint density at radius 3 is 2.90 bits per heavy atom. The van der Waals surface area contributed by atoms with Crippen LogP contribution in [-0.4, -0.2) is 24.7 Å². The molecule has 0 fully saturated rings. The number of rotatable bonds is 5. The molecule has 1 unspecified atom stereocenters. The minimum Gasteiger partial charge on any atom is -0.486 e. The maximum Gasteiger partial charge on any atom is 0.166 e. The number of benzene rings is 1. The van der Waals surface area contributed by atoms with Crippen LogP contribution in [0.1, 0.15) is 30.5 Å². The molecular formula is C17H20N2O2. The molecule has 1 N–H and O–H groups in total. The highest BCUT2D eigenvalue weighted by Crippen LogP contribution is 2.38. The summed E-state index contributed by atoms with van der Waals surface area (Å²) < 4.78 is 11.5. The van der Waals surface area contributed by atoms with E-state index in [-0.39, 0.29) is 6.04 Å². The van der Waals surface area contributed by atoms with Crippen LogP contribution in [0.15, 0.2) is 42.7 Å². The minimum atomic E-state index is 0.0651. The fourth-order valence-corrected chi connectivity index (χ4v) is 2.57. The molecule has 0 aliphatic carbocycles. The fraction of sp³-hybridized carbons (Fsp3) is 0.353. The van der Waals surface area contributed by atoms with E-state index in [2.05, 4.69) is 29.4 Å². The summed E-state index contributed by atoms with van der Waals surface area (Å²) in [7, 11) is 0. The van der Waals surface area contributed by atoms with Gasteiger partial charge in [-0.15, -0.1) is 0 Å². The molecule has 0 saturated heterocycles. The summed E-state index contributed by atoms with van der Waals surface area (Å²) in [6.45, 7) is 4.30. The van der Waals surface area contributed by atoms with E-state index in [1.165, 1.54) is 0 Å². The molecular weight excluding hydrogens is 264 g/mol. The van der Waals surface area contributed by atoms with Crippen molar-refractivity contribution in [1.82, 2.24) is 10.3 Å². The van der Waals surface area contributed by atoms with Gasteiger partial charge in [0, 0.05) is 18.0 Å². The maximum atomic E-state index is 5.85. The number of hydrogen-bond acceptors (Lipinski definition) is 4. The van der Waals surface area contributed by atoms with Gasteiger partial charge in [0.05, 0.1) is 6.04 Å². The Morgan fingerprint density at radius 2 is 2.10 bits per heavy atom. The van der Waals surface area contributed by atoms with Gasteiger partial charge in [-0.05, 0) is 30.7 Å². The average Bonchev–Trinajstić information content (AvgIpc) is 2.56. The predicted molar refractivity (Wildman–Crippen MR) is 81.8 cm³/mol. The van der Waals surface area contributed by atoms with Gasteiger partial charge in [0.15, 0.2) is 11.5 Å². The van der Waals surface area contributed by atoms with Gasteiger partial charge < -0.3 is 14.8 Å². The molecule has 0 radical (unpaired) electrons. The molecule has 1 aromatic carbocycles. The van der Waals surface area contributed by atoms with Gasteiger partial charge in [-0.2, -0.15) is 0 Å². The molecule has 0 spiro atoms. The average molecular weight is 284 g/mol. The number of ether oxygens (including phenoxy) is 2. The topological polar surface area (TPSA) is 43.4 Å². The molecule has 4 heteroatoms. The summed E-state index contributed by atoms with van der Waals surface area (Å²) in [5, 5.41) is 3.58. The first kappa shape index (κ1) is 13.9. The third kappa shape index (κ3) is 3.00. The van der Waals surface area contributed by atoms with Crippen LogP contribution in [0.5, 0.6) is 11.5 Å². The second-order valence-electron chi connectivity index (χ2n) is 5.04. The Morgan fingerprint density at radius 1 is 1.19 bits per heavy atom. The molecule has 21 heavy (non-hydrogen) atoms. The third-order valence-corrected chi connectivity index (χ3v) is 3.52. The van der Waals surface area contributed by atoms with Crippen LogP contribution in [0.25, 0.3) is 0 Å². The van der Waals surface area contributed by atoms with E-state index in [1.54, 1.807) is 6.20 Å². The van der Waals surface area contributed by atoms with Crippen LogP contribution in [0.2, 0.25) is 0 Å². The normalized spacial score (nSPS) is 14.7. The van der Waals surface area contributed by atoms with Crippen molar-refractivity contribution in [3.05, 3.63) is 53.9 Å². The molecule has 1 atom stereocenters. The van der Waals surface area contributed by atoms with Crippen molar-refractivity contribution >= 4 is 0 Å². The van der Waals surface area contributed by atoms with Crippen molar-refractivity contribution in [2.24, 2.45) is 0 Å². The molecule has 0 saturated carbocycles. The summed E-state index contributed by atoms with van der Waals surface area (Å²) >= 11 is 0. The monoisotopic (exact) mass is 284 g/mol. The Bertz CT molecular complexity index is 587. The van der Waals surface area contributed by atoms with E-state index in [0.29, 0.717) is 13.2 Å². The van der Waals surface area contributed by atoms with E-state index in [9.17, 15) is 0 Å². The molecule has 1 aliphatic rings. The van der Waals surface area contributed by atoms with Gasteiger partial charge in [0.2, 0.25) is 0 Å². The molecule has 110 valence electrons. The van der Waals surface area contributed by atoms with Crippen LogP contribution < -0.4 is 14.8 Å². The van der Waals surface area contributed by atoms with Crippen LogP contribution in [-0.2, 0) is 0 Å². The molecule has 4 nitrogen and oxygen atoms in total. The number of nitrogens with zero attached hydrogens (tertiary/aromatic N) is 1. The van der Waals surface area contributed by atoms with Crippen LogP contribution in [0, 0.1) is 0 Å². The number of nitrogens with one attached hydrogen (secondary N) is 1. The summed E-state index contributed by atoms with van der Waals surface area (Å²) in [5.41, 5.74) is 2.24. The first-order chi connectivity index (χ1) is 10.4. The first-order valence-corrected chi connectivity index (χ1v) is 7.42. The van der Waals surface area contributed by atoms with Crippen molar-refractivity contribution in [3.63, 3.8) is 0 Å². The Hall–Kier alpha value is -2.07. The van der Waals surface area contributed by atoms with Gasteiger partial charge in [0.25, 0.3) is 0 Å². The van der Waals surface area contributed by atoms with E-state index < -0.39 is 0 Å². The molecule has 1 aliphatic heterocycles. The quantitative estimate of drug-likeness (QED) is 0.916. The third-order valence-electron chi connectivity index (χ3n) is 3.52. The van der Waals surface area contributed by atoms with E-state index in [0.717, 1.165) is 35.6 Å². The van der Waals surface area contributed by atoms with Crippen molar-refractivity contribution in [2.45, 2.75) is 19.4 Å². The van der Waals surface area contributed by atoms with E-state index in [1.807, 2.05) is 24.4 Å². The second kappa shape index (κ2) is 6.59. The lowest BCUT2D eigenvalue weighted by Gasteiger charge is -2.26. The number of hydrogen-bond donors (Lipinski definition) is 1. The number of para-hydroxylation sites is 1. The molecule has 0 amide bonds. The summed E-state index contributed by atoms with van der Waals surface area (Å²) in [6, 6.07) is 10.2. The largest absolute Gasteiger partial charge is 0.486 e. The summed E-state index contributed by atoms with van der Waals surface area (Å²) in [4.78, 5) is 4.24. The van der Waals surface area contributed by atoms with Crippen molar-refractivity contribution < 1.29 is 9.47 Å². The number of fused-ring (bicyclic) bond motifs is 1.